The molecule has 0 saturated heterocycles. The minimum Gasteiger partial charge on any atom is -0.492 e. The Labute approximate surface area is 156 Å². The third-order valence-electron chi connectivity index (χ3n) is 3.82. The molecule has 0 unspecified atom stereocenters. The molecule has 0 aliphatic rings. The highest BCUT2D eigenvalue weighted by Gasteiger charge is 2.10. The van der Waals surface area contributed by atoms with E-state index in [9.17, 15) is 9.18 Å². The Hall–Kier alpha value is -3.22. The van der Waals surface area contributed by atoms with Crippen LogP contribution in [0.15, 0.2) is 52.9 Å². The van der Waals surface area contributed by atoms with Crippen LogP contribution in [0.4, 0.5) is 4.39 Å². The summed E-state index contributed by atoms with van der Waals surface area (Å²) >= 11 is 0. The molecule has 7 heteroatoms. The van der Waals surface area contributed by atoms with Crippen molar-refractivity contribution in [3.05, 3.63) is 65.8 Å². The zero-order valence-electron chi connectivity index (χ0n) is 14.9. The number of aromatic nitrogens is 2. The van der Waals surface area contributed by atoms with Crippen molar-refractivity contribution in [1.82, 2.24) is 15.5 Å². The molecule has 0 aliphatic carbocycles. The third-order valence-corrected chi connectivity index (χ3v) is 3.82. The van der Waals surface area contributed by atoms with Gasteiger partial charge in [0.05, 0.1) is 6.54 Å². The van der Waals surface area contributed by atoms with Gasteiger partial charge in [-0.3, -0.25) is 4.79 Å². The van der Waals surface area contributed by atoms with Crippen LogP contribution >= 0.6 is 0 Å². The van der Waals surface area contributed by atoms with Gasteiger partial charge in [0.15, 0.2) is 0 Å². The highest BCUT2D eigenvalue weighted by Crippen LogP contribution is 2.18. The minimum atomic E-state index is -0.360. The molecule has 140 valence electrons. The maximum Gasteiger partial charge on any atom is 0.247 e. The fourth-order valence-electron chi connectivity index (χ4n) is 2.39. The van der Waals surface area contributed by atoms with E-state index in [0.29, 0.717) is 30.5 Å². The highest BCUT2D eigenvalue weighted by molar-refractivity contribution is 5.76. The molecule has 0 bridgehead atoms. The zero-order valence-corrected chi connectivity index (χ0v) is 14.9. The molecule has 0 aliphatic heterocycles. The number of nitrogens with one attached hydrogen (secondary N) is 1. The van der Waals surface area contributed by atoms with Crippen molar-refractivity contribution < 1.29 is 18.3 Å². The lowest BCUT2D eigenvalue weighted by Gasteiger charge is -2.07. The molecule has 1 aromatic heterocycles. The van der Waals surface area contributed by atoms with Gasteiger partial charge in [-0.2, -0.15) is 0 Å². The molecule has 6 nitrogen and oxygen atoms in total. The highest BCUT2D eigenvalue weighted by atomic mass is 19.1. The number of hydrogen-bond acceptors (Lipinski definition) is 5. The molecule has 3 aromatic rings. The summed E-state index contributed by atoms with van der Waals surface area (Å²) in [5, 5.41) is 10.7. The maximum atomic E-state index is 13.0. The smallest absolute Gasteiger partial charge is 0.247 e. The van der Waals surface area contributed by atoms with Crippen LogP contribution in [0.2, 0.25) is 0 Å². The summed E-state index contributed by atoms with van der Waals surface area (Å²) < 4.78 is 24.0. The van der Waals surface area contributed by atoms with Crippen molar-refractivity contribution in [1.29, 1.82) is 0 Å². The Balaban J connectivity index is 1.38. The molecule has 0 saturated carbocycles. The lowest BCUT2D eigenvalue weighted by Crippen LogP contribution is -2.28. The topological polar surface area (TPSA) is 77.2 Å². The van der Waals surface area contributed by atoms with E-state index in [1.807, 2.05) is 31.2 Å². The first kappa shape index (κ1) is 18.6. The number of ether oxygens (including phenoxy) is 1. The second kappa shape index (κ2) is 8.93. The van der Waals surface area contributed by atoms with Gasteiger partial charge in [-0.25, -0.2) is 4.39 Å². The van der Waals surface area contributed by atoms with Crippen LogP contribution in [0.1, 0.15) is 17.9 Å². The zero-order chi connectivity index (χ0) is 19.1. The Morgan fingerprint density at radius 1 is 1.19 bits per heavy atom. The second-order valence-electron chi connectivity index (χ2n) is 6.02. The second-order valence-corrected chi connectivity index (χ2v) is 6.02. The Morgan fingerprint density at radius 3 is 2.78 bits per heavy atom. The van der Waals surface area contributed by atoms with Crippen molar-refractivity contribution in [3.8, 4) is 17.2 Å². The van der Waals surface area contributed by atoms with E-state index in [4.69, 9.17) is 9.15 Å². The number of benzene rings is 2. The van der Waals surface area contributed by atoms with Gasteiger partial charge in [-0.05, 0) is 31.2 Å². The molecule has 0 atom stereocenters. The molecule has 1 heterocycles. The summed E-state index contributed by atoms with van der Waals surface area (Å²) in [6, 6.07) is 13.6. The lowest BCUT2D eigenvalue weighted by molar-refractivity contribution is -0.121. The fraction of sp³-hybridized carbons (Fsp3) is 0.250. The molecule has 27 heavy (non-hydrogen) atoms. The average Bonchev–Trinajstić information content (AvgIpc) is 3.13. The summed E-state index contributed by atoms with van der Waals surface area (Å²) in [5.41, 5.74) is 2.00. The quantitative estimate of drug-likeness (QED) is 0.617. The normalized spacial score (nSPS) is 10.6. The van der Waals surface area contributed by atoms with Gasteiger partial charge < -0.3 is 14.5 Å². The van der Waals surface area contributed by atoms with E-state index in [-0.39, 0.29) is 24.8 Å². The first-order valence-electron chi connectivity index (χ1n) is 8.64. The number of rotatable bonds is 8. The van der Waals surface area contributed by atoms with Gasteiger partial charge in [0.25, 0.3) is 0 Å². The predicted molar refractivity (Wildman–Crippen MR) is 97.7 cm³/mol. The minimum absolute atomic E-state index is 0.145. The molecular weight excluding hydrogens is 349 g/mol. The van der Waals surface area contributed by atoms with Crippen molar-refractivity contribution >= 4 is 5.91 Å². The summed E-state index contributed by atoms with van der Waals surface area (Å²) in [7, 11) is 0. The van der Waals surface area contributed by atoms with Crippen LogP contribution in [-0.2, 0) is 11.2 Å². The maximum absolute atomic E-state index is 13.0. The third kappa shape index (κ3) is 5.64. The van der Waals surface area contributed by atoms with E-state index in [0.717, 1.165) is 11.1 Å². The van der Waals surface area contributed by atoms with Gasteiger partial charge in [0.1, 0.15) is 18.2 Å². The average molecular weight is 369 g/mol. The SMILES string of the molecule is Cc1ccc(-c2nnc(CCC(=O)NCCOc3cccc(F)c3)o2)cc1. The van der Waals surface area contributed by atoms with Crippen LogP contribution in [0, 0.1) is 12.7 Å². The van der Waals surface area contributed by atoms with E-state index in [2.05, 4.69) is 15.5 Å². The standard InChI is InChI=1S/C20H20FN3O3/c1-14-5-7-15(8-6-14)20-24-23-19(27-20)10-9-18(25)22-11-12-26-17-4-2-3-16(21)13-17/h2-8,13H,9-12H2,1H3,(H,22,25). The largest absolute Gasteiger partial charge is 0.492 e. The van der Waals surface area contributed by atoms with Crippen LogP contribution in [0.25, 0.3) is 11.5 Å². The Kier molecular flexibility index (Phi) is 6.14. The number of nitrogens with zero attached hydrogens (tertiary/aromatic N) is 2. The summed E-state index contributed by atoms with van der Waals surface area (Å²) in [5.74, 6) is 0.776. The van der Waals surface area contributed by atoms with Crippen molar-refractivity contribution in [2.24, 2.45) is 0 Å². The van der Waals surface area contributed by atoms with Gasteiger partial charge in [0, 0.05) is 24.5 Å². The number of hydrogen-bond donors (Lipinski definition) is 1. The van der Waals surface area contributed by atoms with E-state index in [1.165, 1.54) is 12.1 Å². The molecule has 1 N–H and O–H groups in total. The summed E-state index contributed by atoms with van der Waals surface area (Å²) in [6.07, 6.45) is 0.588. The van der Waals surface area contributed by atoms with E-state index >= 15 is 0 Å². The van der Waals surface area contributed by atoms with Gasteiger partial charge in [0.2, 0.25) is 17.7 Å². The van der Waals surface area contributed by atoms with Gasteiger partial charge in [-0.1, -0.05) is 23.8 Å². The first-order chi connectivity index (χ1) is 13.1. The Bertz CT molecular complexity index is 893. The number of amides is 1. The number of aryl methyl sites for hydroxylation is 2. The van der Waals surface area contributed by atoms with Crippen molar-refractivity contribution in [2.75, 3.05) is 13.2 Å². The summed E-state index contributed by atoms with van der Waals surface area (Å²) in [6.45, 7) is 2.59. The van der Waals surface area contributed by atoms with Crippen LogP contribution in [0.5, 0.6) is 5.75 Å². The molecule has 1 amide bonds. The number of carbonyl (C=O) groups excluding carboxylic acids is 1. The van der Waals surface area contributed by atoms with Crippen molar-refractivity contribution in [3.63, 3.8) is 0 Å². The molecule has 3 rings (SSSR count). The first-order valence-corrected chi connectivity index (χ1v) is 8.64. The van der Waals surface area contributed by atoms with E-state index in [1.54, 1.807) is 12.1 Å². The molecule has 0 spiro atoms. The summed E-state index contributed by atoms with van der Waals surface area (Å²) in [4.78, 5) is 11.9. The van der Waals surface area contributed by atoms with Crippen LogP contribution < -0.4 is 10.1 Å². The number of carbonyl (C=O) groups is 1. The van der Waals surface area contributed by atoms with Gasteiger partial charge >= 0.3 is 0 Å². The van der Waals surface area contributed by atoms with E-state index < -0.39 is 0 Å². The van der Waals surface area contributed by atoms with Crippen molar-refractivity contribution in [2.45, 2.75) is 19.8 Å². The fourth-order valence-corrected chi connectivity index (χ4v) is 2.39. The van der Waals surface area contributed by atoms with Gasteiger partial charge in [-0.15, -0.1) is 10.2 Å². The lowest BCUT2D eigenvalue weighted by atomic mass is 10.1. The monoisotopic (exact) mass is 369 g/mol. The van der Waals surface area contributed by atoms with Crippen LogP contribution in [-0.4, -0.2) is 29.3 Å². The van der Waals surface area contributed by atoms with Crippen LogP contribution in [0.3, 0.4) is 0 Å². The molecule has 0 radical (unpaired) electrons. The molecular formula is C20H20FN3O3. The molecule has 2 aromatic carbocycles. The molecule has 0 fully saturated rings. The Morgan fingerprint density at radius 2 is 2.00 bits per heavy atom. The number of halogens is 1. The predicted octanol–water partition coefficient (Wildman–Crippen LogP) is 3.31.